The van der Waals surface area contributed by atoms with Crippen LogP contribution >= 0.6 is 0 Å². The van der Waals surface area contributed by atoms with E-state index in [2.05, 4.69) is 54.1 Å². The highest BCUT2D eigenvalue weighted by atomic mass is 16.2. The Balaban J connectivity index is 1.33. The number of hydrogen-bond donors (Lipinski definition) is 1. The molecule has 3 fully saturated rings. The van der Waals surface area contributed by atoms with E-state index in [0.29, 0.717) is 35.9 Å². The number of likely N-dealkylation sites (tertiary alicyclic amines) is 1. The SMILES string of the molecule is CC1CC(N(C)C(=O)C2CC3CCCC(C2)C3N)CCN1Cc1ccccc1. The fourth-order valence-corrected chi connectivity index (χ4v) is 6.06. The fourth-order valence-electron chi connectivity index (χ4n) is 6.06. The smallest absolute Gasteiger partial charge is 0.225 e. The number of piperidine rings is 1. The normalized spacial score (nSPS) is 36.1. The van der Waals surface area contributed by atoms with Gasteiger partial charge in [0.05, 0.1) is 0 Å². The van der Waals surface area contributed by atoms with Crippen LogP contribution in [0.15, 0.2) is 30.3 Å². The lowest BCUT2D eigenvalue weighted by molar-refractivity contribution is -0.140. The van der Waals surface area contributed by atoms with Gasteiger partial charge in [-0.2, -0.15) is 0 Å². The quantitative estimate of drug-likeness (QED) is 0.863. The molecule has 4 rings (SSSR count). The molecule has 4 heteroatoms. The van der Waals surface area contributed by atoms with E-state index in [1.54, 1.807) is 0 Å². The zero-order valence-corrected chi connectivity index (χ0v) is 17.6. The van der Waals surface area contributed by atoms with Crippen molar-refractivity contribution in [3.63, 3.8) is 0 Å². The highest BCUT2D eigenvalue weighted by molar-refractivity contribution is 5.79. The Bertz CT molecular complexity index is 649. The first-order chi connectivity index (χ1) is 13.5. The second-order valence-corrected chi connectivity index (χ2v) is 9.63. The van der Waals surface area contributed by atoms with Gasteiger partial charge in [-0.3, -0.25) is 9.69 Å². The minimum absolute atomic E-state index is 0.206. The summed E-state index contributed by atoms with van der Waals surface area (Å²) in [5.74, 6) is 1.73. The average Bonchev–Trinajstić information content (AvgIpc) is 2.69. The summed E-state index contributed by atoms with van der Waals surface area (Å²) in [6, 6.07) is 11.9. The molecule has 2 bridgehead atoms. The number of nitrogens with zero attached hydrogens (tertiary/aromatic N) is 2. The Labute approximate surface area is 170 Å². The van der Waals surface area contributed by atoms with Crippen molar-refractivity contribution in [2.75, 3.05) is 13.6 Å². The van der Waals surface area contributed by atoms with Gasteiger partial charge in [-0.05, 0) is 62.8 Å². The molecule has 0 aromatic heterocycles. The zero-order valence-electron chi connectivity index (χ0n) is 17.6. The first-order valence-electron chi connectivity index (χ1n) is 11.3. The van der Waals surface area contributed by atoms with Crippen LogP contribution in [0, 0.1) is 17.8 Å². The number of rotatable bonds is 4. The van der Waals surface area contributed by atoms with Crippen LogP contribution in [-0.2, 0) is 11.3 Å². The minimum Gasteiger partial charge on any atom is -0.342 e. The topological polar surface area (TPSA) is 49.6 Å². The molecule has 1 heterocycles. The molecule has 2 saturated carbocycles. The number of nitrogens with two attached hydrogens (primary N) is 1. The lowest BCUT2D eigenvalue weighted by Gasteiger charge is -2.46. The standard InChI is InChI=1S/C24H37N3O/c1-17-13-22(11-12-27(17)16-18-7-4-3-5-8-18)26(2)24(28)21-14-19-9-6-10-20(15-21)23(19)25/h3-5,7-8,17,19-23H,6,9-16,25H2,1-2H3. The summed E-state index contributed by atoms with van der Waals surface area (Å²) in [7, 11) is 2.05. The summed E-state index contributed by atoms with van der Waals surface area (Å²) in [6.45, 7) is 4.40. The second kappa shape index (κ2) is 8.54. The number of carbonyl (C=O) groups excluding carboxylic acids is 1. The highest BCUT2D eigenvalue weighted by Gasteiger charge is 2.42. The Morgan fingerprint density at radius 3 is 2.43 bits per heavy atom. The molecule has 0 radical (unpaired) electrons. The van der Waals surface area contributed by atoms with Gasteiger partial charge < -0.3 is 10.6 Å². The van der Waals surface area contributed by atoms with E-state index in [4.69, 9.17) is 5.73 Å². The molecule has 4 unspecified atom stereocenters. The molecule has 3 aliphatic rings. The third-order valence-electron chi connectivity index (χ3n) is 7.87. The van der Waals surface area contributed by atoms with Gasteiger partial charge in [0, 0.05) is 44.2 Å². The van der Waals surface area contributed by atoms with Crippen LogP contribution in [0.4, 0.5) is 0 Å². The highest BCUT2D eigenvalue weighted by Crippen LogP contribution is 2.42. The predicted octanol–water partition coefficient (Wildman–Crippen LogP) is 3.65. The predicted molar refractivity (Wildman–Crippen MR) is 114 cm³/mol. The van der Waals surface area contributed by atoms with Gasteiger partial charge in [0.2, 0.25) is 5.91 Å². The van der Waals surface area contributed by atoms with Gasteiger partial charge in [-0.15, -0.1) is 0 Å². The maximum absolute atomic E-state index is 13.3. The average molecular weight is 384 g/mol. The molecule has 2 aliphatic carbocycles. The summed E-state index contributed by atoms with van der Waals surface area (Å²) in [4.78, 5) is 18.0. The number of carbonyl (C=O) groups is 1. The molecule has 0 spiro atoms. The number of benzene rings is 1. The molecule has 1 amide bonds. The fraction of sp³-hybridized carbons (Fsp3) is 0.708. The molecule has 1 aromatic carbocycles. The van der Waals surface area contributed by atoms with E-state index in [-0.39, 0.29) is 5.92 Å². The number of hydrogen-bond acceptors (Lipinski definition) is 3. The molecule has 154 valence electrons. The van der Waals surface area contributed by atoms with Crippen molar-refractivity contribution in [1.82, 2.24) is 9.80 Å². The first-order valence-corrected chi connectivity index (χ1v) is 11.3. The maximum Gasteiger partial charge on any atom is 0.225 e. The van der Waals surface area contributed by atoms with Crippen molar-refractivity contribution in [1.29, 1.82) is 0 Å². The number of fused-ring (bicyclic) bond motifs is 2. The number of amides is 1. The van der Waals surface area contributed by atoms with Crippen molar-refractivity contribution < 1.29 is 4.79 Å². The first kappa shape index (κ1) is 19.9. The molecular formula is C24H37N3O. The van der Waals surface area contributed by atoms with Gasteiger partial charge in [0.1, 0.15) is 0 Å². The van der Waals surface area contributed by atoms with Crippen LogP contribution in [0.5, 0.6) is 0 Å². The van der Waals surface area contributed by atoms with Gasteiger partial charge in [-0.25, -0.2) is 0 Å². The molecular weight excluding hydrogens is 346 g/mol. The van der Waals surface area contributed by atoms with Crippen LogP contribution < -0.4 is 5.73 Å². The van der Waals surface area contributed by atoms with Crippen LogP contribution in [-0.4, -0.2) is 47.4 Å². The molecule has 1 aliphatic heterocycles. The largest absolute Gasteiger partial charge is 0.342 e. The minimum atomic E-state index is 0.206. The molecule has 2 N–H and O–H groups in total. The van der Waals surface area contributed by atoms with Crippen LogP contribution in [0.3, 0.4) is 0 Å². The van der Waals surface area contributed by atoms with Crippen molar-refractivity contribution >= 4 is 5.91 Å². The zero-order chi connectivity index (χ0) is 19.7. The van der Waals surface area contributed by atoms with E-state index >= 15 is 0 Å². The summed E-state index contributed by atoms with van der Waals surface area (Å²) in [5, 5.41) is 0. The lowest BCUT2D eigenvalue weighted by atomic mass is 9.65. The van der Waals surface area contributed by atoms with E-state index in [9.17, 15) is 4.79 Å². The Kier molecular flexibility index (Phi) is 6.07. The maximum atomic E-state index is 13.3. The van der Waals surface area contributed by atoms with Crippen molar-refractivity contribution in [2.24, 2.45) is 23.5 Å². The third-order valence-corrected chi connectivity index (χ3v) is 7.87. The van der Waals surface area contributed by atoms with Gasteiger partial charge >= 0.3 is 0 Å². The summed E-state index contributed by atoms with van der Waals surface area (Å²) < 4.78 is 0. The second-order valence-electron chi connectivity index (χ2n) is 9.63. The van der Waals surface area contributed by atoms with Gasteiger partial charge in [0.15, 0.2) is 0 Å². The van der Waals surface area contributed by atoms with Gasteiger partial charge in [0.25, 0.3) is 0 Å². The van der Waals surface area contributed by atoms with Gasteiger partial charge in [-0.1, -0.05) is 36.8 Å². The molecule has 4 atom stereocenters. The summed E-state index contributed by atoms with van der Waals surface area (Å²) in [6.07, 6.45) is 7.94. The molecule has 28 heavy (non-hydrogen) atoms. The summed E-state index contributed by atoms with van der Waals surface area (Å²) in [5.41, 5.74) is 7.81. The molecule has 1 saturated heterocycles. The van der Waals surface area contributed by atoms with Crippen LogP contribution in [0.1, 0.15) is 57.4 Å². The molecule has 4 nitrogen and oxygen atoms in total. The van der Waals surface area contributed by atoms with E-state index in [1.807, 2.05) is 0 Å². The molecule has 1 aromatic rings. The van der Waals surface area contributed by atoms with Crippen molar-refractivity contribution in [2.45, 2.75) is 76.5 Å². The third kappa shape index (κ3) is 4.13. The monoisotopic (exact) mass is 383 g/mol. The van der Waals surface area contributed by atoms with Crippen LogP contribution in [0.25, 0.3) is 0 Å². The Hall–Kier alpha value is -1.39. The van der Waals surface area contributed by atoms with E-state index < -0.39 is 0 Å². The summed E-state index contributed by atoms with van der Waals surface area (Å²) >= 11 is 0. The Morgan fingerprint density at radius 2 is 1.79 bits per heavy atom. The van der Waals surface area contributed by atoms with E-state index in [0.717, 1.165) is 38.8 Å². The van der Waals surface area contributed by atoms with Crippen molar-refractivity contribution in [3.05, 3.63) is 35.9 Å². The Morgan fingerprint density at radius 1 is 1.11 bits per heavy atom. The van der Waals surface area contributed by atoms with E-state index in [1.165, 1.54) is 24.8 Å². The lowest BCUT2D eigenvalue weighted by Crippen LogP contribution is -2.53. The van der Waals surface area contributed by atoms with Crippen molar-refractivity contribution in [3.8, 4) is 0 Å². The van der Waals surface area contributed by atoms with Crippen LogP contribution in [0.2, 0.25) is 0 Å².